The third kappa shape index (κ3) is 3.85. The fourth-order valence-electron chi connectivity index (χ4n) is 1.75. The van der Waals surface area contributed by atoms with Crippen molar-refractivity contribution in [3.63, 3.8) is 0 Å². The van der Waals surface area contributed by atoms with Gasteiger partial charge in [0.1, 0.15) is 11.5 Å². The molecule has 0 spiro atoms. The molecule has 98 valence electrons. The molecule has 0 bridgehead atoms. The summed E-state index contributed by atoms with van der Waals surface area (Å²) in [5.41, 5.74) is 2.01. The molecule has 3 heteroatoms. The average Bonchev–Trinajstić information content (AvgIpc) is 2.82. The van der Waals surface area contributed by atoms with E-state index in [4.69, 9.17) is 4.42 Å². The van der Waals surface area contributed by atoms with Crippen LogP contribution in [0.3, 0.4) is 0 Å². The number of anilines is 1. The van der Waals surface area contributed by atoms with E-state index in [2.05, 4.69) is 12.2 Å². The molecular weight excluding hydrogens is 238 g/mol. The second-order valence-electron chi connectivity index (χ2n) is 4.32. The molecule has 1 amide bonds. The van der Waals surface area contributed by atoms with Crippen molar-refractivity contribution in [3.8, 4) is 0 Å². The van der Waals surface area contributed by atoms with E-state index in [1.807, 2.05) is 43.3 Å². The Morgan fingerprint density at radius 2 is 2.16 bits per heavy atom. The Hall–Kier alpha value is -2.29. The van der Waals surface area contributed by atoms with Crippen molar-refractivity contribution in [2.24, 2.45) is 0 Å². The van der Waals surface area contributed by atoms with E-state index in [-0.39, 0.29) is 5.91 Å². The highest BCUT2D eigenvalue weighted by molar-refractivity contribution is 6.01. The Kier molecular flexibility index (Phi) is 4.18. The lowest BCUT2D eigenvalue weighted by Gasteiger charge is -2.03. The van der Waals surface area contributed by atoms with Gasteiger partial charge < -0.3 is 9.73 Å². The van der Waals surface area contributed by atoms with E-state index in [0.717, 1.165) is 17.9 Å². The van der Waals surface area contributed by atoms with Gasteiger partial charge in [0.25, 0.3) is 0 Å². The van der Waals surface area contributed by atoms with Gasteiger partial charge in [-0.25, -0.2) is 0 Å². The molecule has 0 aliphatic heterocycles. The van der Waals surface area contributed by atoms with Crippen LogP contribution >= 0.6 is 0 Å². The largest absolute Gasteiger partial charge is 0.462 e. The molecule has 1 aromatic heterocycles. The Bertz CT molecular complexity index is 596. The zero-order valence-electron chi connectivity index (χ0n) is 11.1. The number of nitrogens with one attached hydrogen (secondary N) is 1. The molecule has 1 heterocycles. The number of hydrogen-bond acceptors (Lipinski definition) is 2. The predicted octanol–water partition coefficient (Wildman–Crippen LogP) is 3.80. The van der Waals surface area contributed by atoms with Crippen LogP contribution in [0.1, 0.15) is 24.0 Å². The van der Waals surface area contributed by atoms with E-state index in [1.54, 1.807) is 6.08 Å². The third-order valence-electron chi connectivity index (χ3n) is 2.76. The van der Waals surface area contributed by atoms with Crippen LogP contribution in [0.4, 0.5) is 5.69 Å². The first-order valence-electron chi connectivity index (χ1n) is 6.32. The van der Waals surface area contributed by atoms with Crippen molar-refractivity contribution >= 4 is 17.7 Å². The van der Waals surface area contributed by atoms with Crippen LogP contribution in [-0.4, -0.2) is 5.91 Å². The first-order valence-corrected chi connectivity index (χ1v) is 6.32. The predicted molar refractivity (Wildman–Crippen MR) is 76.9 cm³/mol. The smallest absolute Gasteiger partial charge is 0.248 e. The maximum atomic E-state index is 11.8. The maximum absolute atomic E-state index is 11.8. The van der Waals surface area contributed by atoms with Crippen molar-refractivity contribution in [2.45, 2.75) is 20.3 Å². The summed E-state index contributed by atoms with van der Waals surface area (Å²) < 4.78 is 5.35. The van der Waals surface area contributed by atoms with Gasteiger partial charge in [-0.3, -0.25) is 4.79 Å². The molecule has 0 atom stereocenters. The van der Waals surface area contributed by atoms with Crippen molar-refractivity contribution in [1.82, 2.24) is 0 Å². The van der Waals surface area contributed by atoms with Gasteiger partial charge in [-0.2, -0.15) is 0 Å². The van der Waals surface area contributed by atoms with E-state index in [0.29, 0.717) is 5.76 Å². The summed E-state index contributed by atoms with van der Waals surface area (Å²) in [6.07, 6.45) is 4.08. The molecule has 0 aliphatic carbocycles. The second-order valence-corrected chi connectivity index (χ2v) is 4.32. The normalized spacial score (nSPS) is 10.8. The first kappa shape index (κ1) is 13.1. The summed E-state index contributed by atoms with van der Waals surface area (Å²) >= 11 is 0. The van der Waals surface area contributed by atoms with Gasteiger partial charge in [0.05, 0.1) is 0 Å². The zero-order valence-corrected chi connectivity index (χ0v) is 11.1. The van der Waals surface area contributed by atoms with E-state index in [1.165, 1.54) is 11.6 Å². The van der Waals surface area contributed by atoms with Crippen LogP contribution in [0.25, 0.3) is 6.08 Å². The molecule has 0 radical (unpaired) electrons. The molecule has 0 unspecified atom stereocenters. The topological polar surface area (TPSA) is 42.2 Å². The number of hydrogen-bond donors (Lipinski definition) is 1. The Balaban J connectivity index is 1.99. The van der Waals surface area contributed by atoms with Crippen LogP contribution in [0.5, 0.6) is 0 Å². The lowest BCUT2D eigenvalue weighted by Crippen LogP contribution is -2.07. The van der Waals surface area contributed by atoms with Gasteiger partial charge in [-0.05, 0) is 49.2 Å². The molecule has 1 aromatic carbocycles. The van der Waals surface area contributed by atoms with Crippen molar-refractivity contribution in [3.05, 3.63) is 59.6 Å². The molecule has 2 aromatic rings. The maximum Gasteiger partial charge on any atom is 0.248 e. The minimum atomic E-state index is -0.165. The number of rotatable bonds is 4. The van der Waals surface area contributed by atoms with Gasteiger partial charge in [0.15, 0.2) is 0 Å². The van der Waals surface area contributed by atoms with Gasteiger partial charge in [-0.1, -0.05) is 19.1 Å². The highest BCUT2D eigenvalue weighted by Gasteiger charge is 1.99. The molecule has 2 rings (SSSR count). The van der Waals surface area contributed by atoms with E-state index < -0.39 is 0 Å². The number of amides is 1. The lowest BCUT2D eigenvalue weighted by molar-refractivity contribution is -0.111. The van der Waals surface area contributed by atoms with E-state index >= 15 is 0 Å². The third-order valence-corrected chi connectivity index (χ3v) is 2.76. The number of aryl methyl sites for hydroxylation is 2. The van der Waals surface area contributed by atoms with E-state index in [9.17, 15) is 4.79 Å². The van der Waals surface area contributed by atoms with Gasteiger partial charge in [0.2, 0.25) is 5.91 Å². The lowest BCUT2D eigenvalue weighted by atomic mass is 10.1. The molecule has 1 N–H and O–H groups in total. The van der Waals surface area contributed by atoms with Crippen LogP contribution in [0.15, 0.2) is 46.9 Å². The van der Waals surface area contributed by atoms with Crippen molar-refractivity contribution in [2.75, 3.05) is 5.32 Å². The fraction of sp³-hybridized carbons (Fsp3) is 0.188. The SMILES string of the molecule is CCc1cccc(NC(=O)C=Cc2ccc(C)o2)c1. The molecule has 0 saturated heterocycles. The summed E-state index contributed by atoms with van der Waals surface area (Å²) in [6.45, 7) is 3.95. The Morgan fingerprint density at radius 1 is 1.32 bits per heavy atom. The summed E-state index contributed by atoms with van der Waals surface area (Å²) in [7, 11) is 0. The number of carbonyl (C=O) groups is 1. The van der Waals surface area contributed by atoms with Crippen molar-refractivity contribution in [1.29, 1.82) is 0 Å². The quantitative estimate of drug-likeness (QED) is 0.844. The van der Waals surface area contributed by atoms with Crippen LogP contribution in [-0.2, 0) is 11.2 Å². The van der Waals surface area contributed by atoms with Crippen LogP contribution in [0.2, 0.25) is 0 Å². The molecular formula is C16H17NO2. The minimum Gasteiger partial charge on any atom is -0.462 e. The summed E-state index contributed by atoms with van der Waals surface area (Å²) in [4.78, 5) is 11.8. The standard InChI is InChI=1S/C16H17NO2/c1-3-13-5-4-6-14(11-13)17-16(18)10-9-15-8-7-12(2)19-15/h4-11H,3H2,1-2H3,(H,17,18). The van der Waals surface area contributed by atoms with Gasteiger partial charge in [0, 0.05) is 11.8 Å². The number of furan rings is 1. The van der Waals surface area contributed by atoms with Gasteiger partial charge in [-0.15, -0.1) is 0 Å². The highest BCUT2D eigenvalue weighted by atomic mass is 16.3. The Labute approximate surface area is 112 Å². The number of carbonyl (C=O) groups excluding carboxylic acids is 1. The molecule has 0 fully saturated rings. The number of benzene rings is 1. The highest BCUT2D eigenvalue weighted by Crippen LogP contribution is 2.12. The average molecular weight is 255 g/mol. The second kappa shape index (κ2) is 6.05. The fourth-order valence-corrected chi connectivity index (χ4v) is 1.75. The van der Waals surface area contributed by atoms with Crippen molar-refractivity contribution < 1.29 is 9.21 Å². The summed E-state index contributed by atoms with van der Waals surface area (Å²) in [5, 5.41) is 2.83. The summed E-state index contributed by atoms with van der Waals surface area (Å²) in [6, 6.07) is 11.5. The Morgan fingerprint density at radius 3 is 2.84 bits per heavy atom. The first-order chi connectivity index (χ1) is 9.17. The molecule has 0 saturated carbocycles. The van der Waals surface area contributed by atoms with Crippen LogP contribution < -0.4 is 5.32 Å². The van der Waals surface area contributed by atoms with Gasteiger partial charge >= 0.3 is 0 Å². The van der Waals surface area contributed by atoms with Crippen LogP contribution in [0, 0.1) is 6.92 Å². The minimum absolute atomic E-state index is 0.165. The monoisotopic (exact) mass is 255 g/mol. The molecule has 0 aliphatic rings. The zero-order chi connectivity index (χ0) is 13.7. The molecule has 19 heavy (non-hydrogen) atoms. The molecule has 3 nitrogen and oxygen atoms in total. The summed E-state index contributed by atoms with van der Waals surface area (Å²) in [5.74, 6) is 1.34.